The van der Waals surface area contributed by atoms with E-state index in [-0.39, 0.29) is 10.6 Å². The van der Waals surface area contributed by atoms with Crippen molar-refractivity contribution in [2.24, 2.45) is 0 Å². The van der Waals surface area contributed by atoms with Crippen LogP contribution in [-0.2, 0) is 6.42 Å². The largest absolute Gasteiger partial charge is 0.294 e. The summed E-state index contributed by atoms with van der Waals surface area (Å²) in [6.45, 7) is 0. The standard InChI is InChI=1S/C14H7ClF4O/c15-12-7(2-1-3-9(12)16)6-11(20)8-4-5-10(17)14(19)13(8)18/h1-5H,6H2. The van der Waals surface area contributed by atoms with E-state index in [1.165, 1.54) is 12.1 Å². The molecular weight excluding hydrogens is 296 g/mol. The van der Waals surface area contributed by atoms with Gasteiger partial charge in [-0.1, -0.05) is 23.7 Å². The van der Waals surface area contributed by atoms with E-state index in [4.69, 9.17) is 11.6 Å². The van der Waals surface area contributed by atoms with Crippen molar-refractivity contribution in [1.29, 1.82) is 0 Å². The molecule has 0 spiro atoms. The number of Topliss-reactive ketones (excluding diaryl/α,β-unsaturated/α-hetero) is 1. The van der Waals surface area contributed by atoms with Crippen molar-refractivity contribution in [3.05, 3.63) is 69.8 Å². The SMILES string of the molecule is O=C(Cc1cccc(F)c1Cl)c1ccc(F)c(F)c1F. The van der Waals surface area contributed by atoms with Crippen LogP contribution in [0, 0.1) is 23.3 Å². The van der Waals surface area contributed by atoms with Crippen molar-refractivity contribution >= 4 is 17.4 Å². The molecular formula is C14H7ClF4O. The summed E-state index contributed by atoms with van der Waals surface area (Å²) in [6.07, 6.45) is -0.418. The second-order valence-electron chi connectivity index (χ2n) is 4.04. The first kappa shape index (κ1) is 14.5. The van der Waals surface area contributed by atoms with E-state index in [1.807, 2.05) is 0 Å². The van der Waals surface area contributed by atoms with Gasteiger partial charge >= 0.3 is 0 Å². The highest BCUT2D eigenvalue weighted by Gasteiger charge is 2.20. The molecule has 0 saturated heterocycles. The minimum absolute atomic E-state index is 0.140. The lowest BCUT2D eigenvalue weighted by Crippen LogP contribution is -2.09. The van der Waals surface area contributed by atoms with Crippen LogP contribution in [0.3, 0.4) is 0 Å². The first-order chi connectivity index (χ1) is 9.41. The van der Waals surface area contributed by atoms with E-state index in [2.05, 4.69) is 0 Å². The summed E-state index contributed by atoms with van der Waals surface area (Å²) in [7, 11) is 0. The van der Waals surface area contributed by atoms with Crippen molar-refractivity contribution in [2.45, 2.75) is 6.42 Å². The lowest BCUT2D eigenvalue weighted by Gasteiger charge is -2.06. The van der Waals surface area contributed by atoms with Crippen LogP contribution in [0.2, 0.25) is 5.02 Å². The molecule has 0 unspecified atom stereocenters. The van der Waals surface area contributed by atoms with Gasteiger partial charge in [-0.2, -0.15) is 0 Å². The highest BCUT2D eigenvalue weighted by atomic mass is 35.5. The molecule has 0 aliphatic rings. The van der Waals surface area contributed by atoms with E-state index < -0.39 is 41.0 Å². The molecule has 0 bridgehead atoms. The monoisotopic (exact) mass is 302 g/mol. The minimum Gasteiger partial charge on any atom is -0.294 e. The lowest BCUT2D eigenvalue weighted by atomic mass is 10.0. The van der Waals surface area contributed by atoms with Crippen LogP contribution >= 0.6 is 11.6 Å². The average Bonchev–Trinajstić information content (AvgIpc) is 2.41. The number of carbonyl (C=O) groups excluding carboxylic acids is 1. The fraction of sp³-hybridized carbons (Fsp3) is 0.0714. The Balaban J connectivity index is 2.34. The zero-order valence-electron chi connectivity index (χ0n) is 9.89. The van der Waals surface area contributed by atoms with Crippen LogP contribution in [0.1, 0.15) is 15.9 Å². The second kappa shape index (κ2) is 5.63. The fourth-order valence-electron chi connectivity index (χ4n) is 1.69. The van der Waals surface area contributed by atoms with E-state index in [1.54, 1.807) is 0 Å². The average molecular weight is 303 g/mol. The van der Waals surface area contributed by atoms with Gasteiger partial charge in [-0.25, -0.2) is 17.6 Å². The highest BCUT2D eigenvalue weighted by molar-refractivity contribution is 6.31. The molecule has 1 nitrogen and oxygen atoms in total. The van der Waals surface area contributed by atoms with Crippen molar-refractivity contribution in [1.82, 2.24) is 0 Å². The molecule has 2 rings (SSSR count). The molecule has 0 heterocycles. The summed E-state index contributed by atoms with van der Waals surface area (Å²) < 4.78 is 52.5. The normalized spacial score (nSPS) is 10.7. The molecule has 20 heavy (non-hydrogen) atoms. The molecule has 0 N–H and O–H groups in total. The quantitative estimate of drug-likeness (QED) is 0.469. The van der Waals surface area contributed by atoms with Gasteiger partial charge in [0, 0.05) is 6.42 Å². The van der Waals surface area contributed by atoms with Crippen molar-refractivity contribution < 1.29 is 22.4 Å². The van der Waals surface area contributed by atoms with Crippen molar-refractivity contribution in [3.8, 4) is 0 Å². The van der Waals surface area contributed by atoms with Crippen LogP contribution in [0.4, 0.5) is 17.6 Å². The summed E-state index contributed by atoms with van der Waals surface area (Å²) in [6, 6.07) is 5.32. The van der Waals surface area contributed by atoms with Gasteiger partial charge in [-0.15, -0.1) is 0 Å². The number of halogens is 5. The highest BCUT2D eigenvalue weighted by Crippen LogP contribution is 2.23. The fourth-order valence-corrected chi connectivity index (χ4v) is 1.89. The van der Waals surface area contributed by atoms with E-state index in [9.17, 15) is 22.4 Å². The van der Waals surface area contributed by atoms with Crippen molar-refractivity contribution in [3.63, 3.8) is 0 Å². The lowest BCUT2D eigenvalue weighted by molar-refractivity contribution is 0.0988. The summed E-state index contributed by atoms with van der Waals surface area (Å²) in [5, 5.41) is -0.260. The Morgan fingerprint density at radius 2 is 1.65 bits per heavy atom. The van der Waals surface area contributed by atoms with Crippen LogP contribution in [0.15, 0.2) is 30.3 Å². The summed E-state index contributed by atoms with van der Waals surface area (Å²) in [5.74, 6) is -6.22. The Hall–Kier alpha value is -1.88. The van der Waals surface area contributed by atoms with Crippen LogP contribution in [-0.4, -0.2) is 5.78 Å². The Labute approximate surface area is 116 Å². The number of benzene rings is 2. The van der Waals surface area contributed by atoms with Gasteiger partial charge in [0.2, 0.25) is 0 Å². The van der Waals surface area contributed by atoms with Gasteiger partial charge in [0.25, 0.3) is 0 Å². The van der Waals surface area contributed by atoms with Crippen LogP contribution in [0.25, 0.3) is 0 Å². The Morgan fingerprint density at radius 1 is 0.950 bits per heavy atom. The van der Waals surface area contributed by atoms with Gasteiger partial charge in [-0.3, -0.25) is 4.79 Å². The molecule has 0 radical (unpaired) electrons. The van der Waals surface area contributed by atoms with Gasteiger partial charge < -0.3 is 0 Å². The molecule has 0 aromatic heterocycles. The summed E-state index contributed by atoms with van der Waals surface area (Å²) in [4.78, 5) is 11.9. The molecule has 2 aromatic rings. The third-order valence-corrected chi connectivity index (χ3v) is 3.14. The van der Waals surface area contributed by atoms with Crippen LogP contribution in [0.5, 0.6) is 0 Å². The number of hydrogen-bond donors (Lipinski definition) is 0. The minimum atomic E-state index is -1.72. The number of ketones is 1. The molecule has 6 heteroatoms. The molecule has 0 saturated carbocycles. The second-order valence-corrected chi connectivity index (χ2v) is 4.41. The topological polar surface area (TPSA) is 17.1 Å². The van der Waals surface area contributed by atoms with Gasteiger partial charge in [0.05, 0.1) is 10.6 Å². The number of hydrogen-bond acceptors (Lipinski definition) is 1. The number of carbonyl (C=O) groups is 1. The van der Waals surface area contributed by atoms with Gasteiger partial charge in [0.1, 0.15) is 5.82 Å². The number of rotatable bonds is 3. The third kappa shape index (κ3) is 2.67. The molecule has 0 aliphatic heterocycles. The van der Waals surface area contributed by atoms with Gasteiger partial charge in [0.15, 0.2) is 23.2 Å². The first-order valence-electron chi connectivity index (χ1n) is 5.51. The Morgan fingerprint density at radius 3 is 2.35 bits per heavy atom. The predicted octanol–water partition coefficient (Wildman–Crippen LogP) is 4.32. The molecule has 104 valence electrons. The zero-order valence-corrected chi connectivity index (χ0v) is 10.6. The zero-order chi connectivity index (χ0) is 14.9. The molecule has 0 atom stereocenters. The molecule has 0 aliphatic carbocycles. The molecule has 0 fully saturated rings. The maximum atomic E-state index is 13.5. The molecule has 2 aromatic carbocycles. The smallest absolute Gasteiger partial charge is 0.195 e. The summed E-state index contributed by atoms with van der Waals surface area (Å²) >= 11 is 5.67. The predicted molar refractivity (Wildman–Crippen MR) is 65.8 cm³/mol. The Bertz CT molecular complexity index is 685. The summed E-state index contributed by atoms with van der Waals surface area (Å²) in [5.41, 5.74) is -0.468. The molecule has 0 amide bonds. The van der Waals surface area contributed by atoms with Crippen LogP contribution < -0.4 is 0 Å². The van der Waals surface area contributed by atoms with E-state index >= 15 is 0 Å². The third-order valence-electron chi connectivity index (χ3n) is 2.72. The maximum Gasteiger partial charge on any atom is 0.195 e. The maximum absolute atomic E-state index is 13.5. The Kier molecular flexibility index (Phi) is 4.09. The first-order valence-corrected chi connectivity index (χ1v) is 5.89. The van der Waals surface area contributed by atoms with Crippen molar-refractivity contribution in [2.75, 3.05) is 0 Å². The van der Waals surface area contributed by atoms with Gasteiger partial charge in [-0.05, 0) is 23.8 Å². The van der Waals surface area contributed by atoms with E-state index in [0.29, 0.717) is 6.07 Å². The van der Waals surface area contributed by atoms with E-state index in [0.717, 1.165) is 12.1 Å².